The van der Waals surface area contributed by atoms with Gasteiger partial charge in [0.2, 0.25) is 0 Å². The predicted molar refractivity (Wildman–Crippen MR) is 76.4 cm³/mol. The van der Waals surface area contributed by atoms with E-state index in [9.17, 15) is 10.0 Å². The van der Waals surface area contributed by atoms with Crippen LogP contribution in [0, 0.1) is 17.8 Å². The fraction of sp³-hybridized carbons (Fsp3) is 0.688. The van der Waals surface area contributed by atoms with E-state index in [-0.39, 0.29) is 23.0 Å². The van der Waals surface area contributed by atoms with E-state index in [1.807, 2.05) is 0 Å². The highest BCUT2D eigenvalue weighted by atomic mass is 16.5. The van der Waals surface area contributed by atoms with Crippen LogP contribution >= 0.6 is 0 Å². The van der Waals surface area contributed by atoms with Crippen LogP contribution in [0.5, 0.6) is 5.75 Å². The molecule has 2 aliphatic rings. The van der Waals surface area contributed by atoms with Crippen molar-refractivity contribution >= 4 is 0 Å². The van der Waals surface area contributed by atoms with Gasteiger partial charge in [0.25, 0.3) is 5.56 Å². The second-order valence-electron chi connectivity index (χ2n) is 6.99. The van der Waals surface area contributed by atoms with Gasteiger partial charge in [-0.2, -0.15) is 4.73 Å². The molecule has 1 N–H and O–H groups in total. The van der Waals surface area contributed by atoms with E-state index in [1.165, 1.54) is 6.20 Å². The maximum absolute atomic E-state index is 12.3. The quantitative estimate of drug-likeness (QED) is 0.742. The minimum Gasteiger partial charge on any atom is -0.487 e. The Morgan fingerprint density at radius 3 is 2.80 bits per heavy atom. The molecule has 5 unspecified atom stereocenters. The molecule has 0 aromatic carbocycles. The average molecular weight is 277 g/mol. The van der Waals surface area contributed by atoms with Crippen LogP contribution in [0.2, 0.25) is 0 Å². The van der Waals surface area contributed by atoms with E-state index < -0.39 is 0 Å². The number of rotatable bonds is 0. The Kier molecular flexibility index (Phi) is 2.89. The van der Waals surface area contributed by atoms with Gasteiger partial charge >= 0.3 is 0 Å². The van der Waals surface area contributed by atoms with Gasteiger partial charge in [-0.15, -0.1) is 0 Å². The van der Waals surface area contributed by atoms with Gasteiger partial charge in [0.1, 0.15) is 11.4 Å². The highest BCUT2D eigenvalue weighted by Crippen LogP contribution is 2.52. The zero-order valence-corrected chi connectivity index (χ0v) is 12.6. The topological polar surface area (TPSA) is 51.5 Å². The number of ether oxygens (including phenoxy) is 1. The van der Waals surface area contributed by atoms with Crippen LogP contribution in [0.25, 0.3) is 0 Å². The van der Waals surface area contributed by atoms with Crippen molar-refractivity contribution < 1.29 is 9.94 Å². The summed E-state index contributed by atoms with van der Waals surface area (Å²) >= 11 is 0. The molecule has 0 amide bonds. The van der Waals surface area contributed by atoms with Gasteiger partial charge in [0.05, 0.1) is 11.8 Å². The zero-order chi connectivity index (χ0) is 14.7. The molecule has 110 valence electrons. The van der Waals surface area contributed by atoms with Gasteiger partial charge in [-0.05, 0) is 31.6 Å². The van der Waals surface area contributed by atoms with Crippen LogP contribution in [0.3, 0.4) is 0 Å². The van der Waals surface area contributed by atoms with Crippen LogP contribution in [0.1, 0.15) is 52.0 Å². The molecular formula is C16H23NO3. The second kappa shape index (κ2) is 4.27. The number of pyridine rings is 1. The largest absolute Gasteiger partial charge is 0.487 e. The molecule has 5 atom stereocenters. The molecule has 3 rings (SSSR count). The molecule has 20 heavy (non-hydrogen) atoms. The third-order valence-electron chi connectivity index (χ3n) is 5.39. The lowest BCUT2D eigenvalue weighted by atomic mass is 9.70. The van der Waals surface area contributed by atoms with Gasteiger partial charge in [0.15, 0.2) is 0 Å². The van der Waals surface area contributed by atoms with E-state index in [0.717, 1.165) is 12.8 Å². The average Bonchev–Trinajstić information content (AvgIpc) is 2.41. The standard InChI is InChI=1S/C16H23NO3/c1-9-7-10(2)13-11(3)16(4,8-9)20-12-5-6-17(19)15(18)14(12)13/h5-6,9-11,13,19H,7-8H2,1-4H3. The highest BCUT2D eigenvalue weighted by molar-refractivity contribution is 5.38. The molecule has 1 aromatic rings. The van der Waals surface area contributed by atoms with Crippen LogP contribution in [-0.2, 0) is 0 Å². The third kappa shape index (κ3) is 1.77. The van der Waals surface area contributed by atoms with Gasteiger partial charge in [-0.1, -0.05) is 20.8 Å². The molecule has 1 aliphatic carbocycles. The van der Waals surface area contributed by atoms with Gasteiger partial charge in [0, 0.05) is 17.9 Å². The molecule has 1 saturated carbocycles. The first-order valence-electron chi connectivity index (χ1n) is 7.47. The smallest absolute Gasteiger partial charge is 0.290 e. The van der Waals surface area contributed by atoms with Crippen molar-refractivity contribution in [2.45, 2.75) is 52.1 Å². The number of fused-ring (bicyclic) bond motifs is 4. The molecule has 0 radical (unpaired) electrons. The number of hydrogen-bond acceptors (Lipinski definition) is 3. The maximum Gasteiger partial charge on any atom is 0.290 e. The monoisotopic (exact) mass is 277 g/mol. The van der Waals surface area contributed by atoms with E-state index >= 15 is 0 Å². The Hall–Kier alpha value is -1.45. The molecule has 2 bridgehead atoms. The van der Waals surface area contributed by atoms with Crippen molar-refractivity contribution in [1.82, 2.24) is 4.73 Å². The van der Waals surface area contributed by atoms with Crippen molar-refractivity contribution in [3.05, 3.63) is 28.2 Å². The highest BCUT2D eigenvalue weighted by Gasteiger charge is 2.50. The molecule has 0 saturated heterocycles. The van der Waals surface area contributed by atoms with E-state index in [4.69, 9.17) is 4.74 Å². The zero-order valence-electron chi connectivity index (χ0n) is 12.6. The number of aromatic nitrogens is 1. The summed E-state index contributed by atoms with van der Waals surface area (Å²) in [5.41, 5.74) is 0.0972. The predicted octanol–water partition coefficient (Wildman–Crippen LogP) is 3.02. The van der Waals surface area contributed by atoms with Crippen molar-refractivity contribution in [1.29, 1.82) is 0 Å². The summed E-state index contributed by atoms with van der Waals surface area (Å²) in [6.45, 7) is 8.81. The fourth-order valence-corrected chi connectivity index (χ4v) is 4.46. The number of hydrogen-bond donors (Lipinski definition) is 1. The molecule has 4 nitrogen and oxygen atoms in total. The Bertz CT molecular complexity index is 594. The molecule has 1 aromatic heterocycles. The minimum atomic E-state index is -0.331. The first kappa shape index (κ1) is 13.5. The molecule has 2 heterocycles. The lowest BCUT2D eigenvalue weighted by molar-refractivity contribution is -0.0108. The summed E-state index contributed by atoms with van der Waals surface area (Å²) in [4.78, 5) is 12.3. The normalized spacial score (nSPS) is 39.6. The molecular weight excluding hydrogens is 254 g/mol. The summed E-state index contributed by atoms with van der Waals surface area (Å²) < 4.78 is 6.89. The van der Waals surface area contributed by atoms with Crippen LogP contribution in [0.15, 0.2) is 17.1 Å². The molecule has 1 aliphatic heterocycles. The third-order valence-corrected chi connectivity index (χ3v) is 5.39. The Morgan fingerprint density at radius 1 is 1.40 bits per heavy atom. The first-order chi connectivity index (χ1) is 9.33. The van der Waals surface area contributed by atoms with Crippen LogP contribution in [-0.4, -0.2) is 15.5 Å². The minimum absolute atomic E-state index is 0.154. The second-order valence-corrected chi connectivity index (χ2v) is 6.99. The van der Waals surface area contributed by atoms with Crippen molar-refractivity contribution in [3.8, 4) is 5.75 Å². The Balaban J connectivity index is 2.23. The summed E-state index contributed by atoms with van der Waals surface area (Å²) in [5, 5.41) is 9.68. The van der Waals surface area contributed by atoms with Crippen LogP contribution in [0.4, 0.5) is 0 Å². The molecule has 1 fully saturated rings. The summed E-state index contributed by atoms with van der Waals surface area (Å²) in [6.07, 6.45) is 3.48. The Morgan fingerprint density at radius 2 is 2.10 bits per heavy atom. The summed E-state index contributed by atoms with van der Waals surface area (Å²) in [7, 11) is 0. The van der Waals surface area contributed by atoms with Crippen molar-refractivity contribution in [2.24, 2.45) is 17.8 Å². The lowest BCUT2D eigenvalue weighted by Gasteiger charge is -2.45. The van der Waals surface area contributed by atoms with Gasteiger partial charge in [-0.3, -0.25) is 4.79 Å². The SMILES string of the molecule is CC1CC(C)C2c3c(ccn(O)c3=O)OC(C)(C1)C2C. The van der Waals surface area contributed by atoms with E-state index in [2.05, 4.69) is 27.7 Å². The Labute approximate surface area is 119 Å². The lowest BCUT2D eigenvalue weighted by Crippen LogP contribution is -2.48. The van der Waals surface area contributed by atoms with Gasteiger partial charge < -0.3 is 9.94 Å². The number of nitrogens with zero attached hydrogens (tertiary/aromatic N) is 1. The van der Waals surface area contributed by atoms with Crippen molar-refractivity contribution in [2.75, 3.05) is 0 Å². The molecule has 0 spiro atoms. The van der Waals surface area contributed by atoms with E-state index in [0.29, 0.717) is 27.9 Å². The summed E-state index contributed by atoms with van der Waals surface area (Å²) in [6, 6.07) is 1.72. The van der Waals surface area contributed by atoms with E-state index in [1.54, 1.807) is 6.07 Å². The van der Waals surface area contributed by atoms with Crippen LogP contribution < -0.4 is 10.3 Å². The fourth-order valence-electron chi connectivity index (χ4n) is 4.46. The van der Waals surface area contributed by atoms with Gasteiger partial charge in [-0.25, -0.2) is 0 Å². The maximum atomic E-state index is 12.3. The molecule has 4 heteroatoms. The first-order valence-corrected chi connectivity index (χ1v) is 7.47. The summed E-state index contributed by atoms with van der Waals surface area (Å²) in [5.74, 6) is 2.07. The van der Waals surface area contributed by atoms with Crippen molar-refractivity contribution in [3.63, 3.8) is 0 Å².